The van der Waals surface area contributed by atoms with Gasteiger partial charge in [0.25, 0.3) is 11.8 Å². The molecule has 1 aliphatic rings. The molecular weight excluding hydrogens is 490 g/mol. The van der Waals surface area contributed by atoms with Crippen LogP contribution in [0.3, 0.4) is 0 Å². The van der Waals surface area contributed by atoms with E-state index in [-0.39, 0.29) is 28.8 Å². The Kier molecular flexibility index (Phi) is 8.80. The van der Waals surface area contributed by atoms with Gasteiger partial charge in [-0.25, -0.2) is 4.79 Å². The van der Waals surface area contributed by atoms with Crippen molar-refractivity contribution in [2.45, 2.75) is 72.4 Å². The van der Waals surface area contributed by atoms with Gasteiger partial charge in [0.15, 0.2) is 11.5 Å². The summed E-state index contributed by atoms with van der Waals surface area (Å²) in [6, 6.07) is 4.47. The second-order valence-electron chi connectivity index (χ2n) is 10.3. The van der Waals surface area contributed by atoms with Crippen LogP contribution in [-0.4, -0.2) is 63.7 Å². The summed E-state index contributed by atoms with van der Waals surface area (Å²) < 4.78 is 12.9. The van der Waals surface area contributed by atoms with Crippen LogP contribution in [0.2, 0.25) is 0 Å². The maximum Gasteiger partial charge on any atom is 0.410 e. The fourth-order valence-electron chi connectivity index (χ4n) is 4.06. The van der Waals surface area contributed by atoms with Crippen LogP contribution >= 0.6 is 0 Å². The second kappa shape index (κ2) is 11.7. The summed E-state index contributed by atoms with van der Waals surface area (Å²) in [4.78, 5) is 51.7. The van der Waals surface area contributed by atoms with Crippen LogP contribution < -0.4 is 15.8 Å². The van der Waals surface area contributed by atoms with Crippen molar-refractivity contribution >= 4 is 29.4 Å². The van der Waals surface area contributed by atoms with Gasteiger partial charge in [-0.05, 0) is 58.7 Å². The summed E-state index contributed by atoms with van der Waals surface area (Å²) in [5.74, 6) is -1.22. The minimum absolute atomic E-state index is 0.0814. The summed E-state index contributed by atoms with van der Waals surface area (Å²) >= 11 is 0. The Hall–Kier alpha value is -3.89. The number of benzene rings is 1. The molecule has 1 saturated heterocycles. The first-order valence-electron chi connectivity index (χ1n) is 12.8. The number of hydrogen-bond donors (Lipinski definition) is 2. The highest BCUT2D eigenvalue weighted by Crippen LogP contribution is 2.31. The molecular formula is C27H37N5O6. The average Bonchev–Trinajstić information content (AvgIpc) is 3.14. The van der Waals surface area contributed by atoms with Crippen LogP contribution in [0.15, 0.2) is 18.2 Å². The molecule has 2 heterocycles. The minimum atomic E-state index is -0.797. The van der Waals surface area contributed by atoms with Crippen LogP contribution in [0.5, 0.6) is 5.75 Å². The summed E-state index contributed by atoms with van der Waals surface area (Å²) in [6.45, 7) is 11.8. The predicted molar refractivity (Wildman–Crippen MR) is 142 cm³/mol. The minimum Gasteiger partial charge on any atom is -0.493 e. The molecule has 206 valence electrons. The van der Waals surface area contributed by atoms with E-state index in [0.29, 0.717) is 43.1 Å². The first-order chi connectivity index (χ1) is 17.9. The van der Waals surface area contributed by atoms with Crippen LogP contribution in [0.1, 0.15) is 97.3 Å². The van der Waals surface area contributed by atoms with Crippen molar-refractivity contribution in [2.24, 2.45) is 5.73 Å². The number of anilines is 1. The topological polar surface area (TPSA) is 146 Å². The van der Waals surface area contributed by atoms with Crippen molar-refractivity contribution in [3.63, 3.8) is 0 Å². The maximum absolute atomic E-state index is 13.5. The van der Waals surface area contributed by atoms with Crippen molar-refractivity contribution in [1.29, 1.82) is 0 Å². The van der Waals surface area contributed by atoms with Gasteiger partial charge >= 0.3 is 6.09 Å². The number of nitrogens with two attached hydrogens (primary N) is 1. The number of nitrogens with one attached hydrogen (secondary N) is 1. The van der Waals surface area contributed by atoms with Crippen molar-refractivity contribution < 1.29 is 28.7 Å². The van der Waals surface area contributed by atoms with Crippen molar-refractivity contribution in [1.82, 2.24) is 14.7 Å². The third kappa shape index (κ3) is 6.51. The fraction of sp³-hybridized carbons (Fsp3) is 0.519. The van der Waals surface area contributed by atoms with E-state index in [1.165, 1.54) is 13.0 Å². The van der Waals surface area contributed by atoms with E-state index in [9.17, 15) is 19.2 Å². The molecule has 0 radical (unpaired) electrons. The van der Waals surface area contributed by atoms with Crippen molar-refractivity contribution in [3.05, 3.63) is 40.7 Å². The zero-order valence-electron chi connectivity index (χ0n) is 22.9. The zero-order valence-corrected chi connectivity index (χ0v) is 22.9. The van der Waals surface area contributed by atoms with E-state index in [1.807, 2.05) is 13.8 Å². The number of nitrogens with zero attached hydrogens (tertiary/aromatic N) is 3. The van der Waals surface area contributed by atoms with E-state index >= 15 is 0 Å². The van der Waals surface area contributed by atoms with Gasteiger partial charge in [0, 0.05) is 18.7 Å². The number of carbonyl (C=O) groups excluding carboxylic acids is 4. The average molecular weight is 528 g/mol. The van der Waals surface area contributed by atoms with E-state index in [4.69, 9.17) is 15.2 Å². The highest BCUT2D eigenvalue weighted by Gasteiger charge is 2.38. The number of aromatic nitrogens is 2. The molecule has 3 rings (SSSR count). The molecule has 11 heteroatoms. The number of hydrogen-bond acceptors (Lipinski definition) is 7. The van der Waals surface area contributed by atoms with Crippen LogP contribution in [-0.2, 0) is 11.2 Å². The second-order valence-corrected chi connectivity index (χ2v) is 10.3. The van der Waals surface area contributed by atoms with Gasteiger partial charge in [-0.15, -0.1) is 0 Å². The van der Waals surface area contributed by atoms with E-state index < -0.39 is 23.5 Å². The van der Waals surface area contributed by atoms with E-state index in [1.54, 1.807) is 42.5 Å². The molecule has 0 spiro atoms. The summed E-state index contributed by atoms with van der Waals surface area (Å²) in [7, 11) is 0. The van der Waals surface area contributed by atoms with Crippen molar-refractivity contribution in [2.75, 3.05) is 25.0 Å². The summed E-state index contributed by atoms with van der Waals surface area (Å²) in [5.41, 5.74) is 6.25. The standard InChI is InChI=1S/C27H37N5O6/c1-7-9-12-37-21-11-10-17(16(3)33)13-19(21)25(35)29-22-20(8-2)32(30-23(22)24(28)34)18-14-31(15-18)26(36)38-27(4,5)6/h10-11,13,18H,7-9,12,14-15H2,1-6H3,(H2,28,34)(H,29,35). The number of ether oxygens (including phenoxy) is 2. The normalized spacial score (nSPS) is 13.6. The maximum atomic E-state index is 13.5. The molecule has 3 N–H and O–H groups in total. The molecule has 0 atom stereocenters. The van der Waals surface area contributed by atoms with Crippen LogP contribution in [0, 0.1) is 0 Å². The molecule has 11 nitrogen and oxygen atoms in total. The quantitative estimate of drug-likeness (QED) is 0.351. The van der Waals surface area contributed by atoms with Gasteiger partial charge in [0.1, 0.15) is 11.4 Å². The SMILES string of the molecule is CCCCOc1ccc(C(C)=O)cc1C(=O)Nc1c(C(N)=O)nn(C2CN(C(=O)OC(C)(C)C)C2)c1CC. The van der Waals surface area contributed by atoms with E-state index in [2.05, 4.69) is 10.4 Å². The highest BCUT2D eigenvalue weighted by atomic mass is 16.6. The number of amides is 3. The highest BCUT2D eigenvalue weighted by molar-refractivity contribution is 6.11. The molecule has 0 bridgehead atoms. The van der Waals surface area contributed by atoms with Gasteiger partial charge in [0.2, 0.25) is 0 Å². The molecule has 1 aliphatic heterocycles. The number of primary amides is 1. The number of Topliss-reactive ketones (excluding diaryl/α,β-unsaturated/α-hetero) is 1. The summed E-state index contributed by atoms with van der Waals surface area (Å²) in [6.07, 6.45) is 1.73. The summed E-state index contributed by atoms with van der Waals surface area (Å²) in [5, 5.41) is 7.20. The molecule has 0 unspecified atom stereocenters. The first kappa shape index (κ1) is 28.7. The Morgan fingerprint density at radius 2 is 1.84 bits per heavy atom. The number of carbonyl (C=O) groups is 4. The van der Waals surface area contributed by atoms with Gasteiger partial charge in [-0.3, -0.25) is 19.1 Å². The lowest BCUT2D eigenvalue weighted by atomic mass is 10.1. The monoisotopic (exact) mass is 527 g/mol. The van der Waals surface area contributed by atoms with Crippen LogP contribution in [0.4, 0.5) is 10.5 Å². The molecule has 3 amide bonds. The molecule has 1 aromatic carbocycles. The Labute approximate surface area is 222 Å². The smallest absolute Gasteiger partial charge is 0.410 e. The molecule has 2 aromatic rings. The third-order valence-electron chi connectivity index (χ3n) is 6.06. The van der Waals surface area contributed by atoms with E-state index in [0.717, 1.165) is 12.8 Å². The Morgan fingerprint density at radius 1 is 1.16 bits per heavy atom. The number of unbranched alkanes of at least 4 members (excludes halogenated alkanes) is 1. The van der Waals surface area contributed by atoms with Crippen LogP contribution in [0.25, 0.3) is 0 Å². The molecule has 1 aromatic heterocycles. The number of rotatable bonds is 10. The molecule has 38 heavy (non-hydrogen) atoms. The predicted octanol–water partition coefficient (Wildman–Crippen LogP) is 3.97. The van der Waals surface area contributed by atoms with Gasteiger partial charge in [-0.2, -0.15) is 5.10 Å². The molecule has 0 saturated carbocycles. The molecule has 1 fully saturated rings. The lowest BCUT2D eigenvalue weighted by Gasteiger charge is -2.40. The number of ketones is 1. The van der Waals surface area contributed by atoms with Gasteiger partial charge in [0.05, 0.1) is 29.6 Å². The van der Waals surface area contributed by atoms with Crippen molar-refractivity contribution in [3.8, 4) is 5.75 Å². The Balaban J connectivity index is 1.90. The number of likely N-dealkylation sites (tertiary alicyclic amines) is 1. The lowest BCUT2D eigenvalue weighted by Crippen LogP contribution is -2.52. The van der Waals surface area contributed by atoms with Gasteiger partial charge < -0.3 is 25.4 Å². The Bertz CT molecular complexity index is 1220. The molecule has 0 aliphatic carbocycles. The van der Waals surface area contributed by atoms with Gasteiger partial charge in [-0.1, -0.05) is 20.3 Å². The third-order valence-corrected chi connectivity index (χ3v) is 6.06. The Morgan fingerprint density at radius 3 is 2.39 bits per heavy atom. The largest absolute Gasteiger partial charge is 0.493 e. The first-order valence-corrected chi connectivity index (χ1v) is 12.8. The lowest BCUT2D eigenvalue weighted by molar-refractivity contribution is -0.000799. The zero-order chi connectivity index (χ0) is 28.2. The fourth-order valence-corrected chi connectivity index (χ4v) is 4.06.